The number of urea groups is 1. The van der Waals surface area contributed by atoms with E-state index in [1.54, 1.807) is 0 Å². The Bertz CT molecular complexity index is 499. The lowest BCUT2D eigenvalue weighted by atomic mass is 10.1. The first-order valence-electron chi connectivity index (χ1n) is 5.41. The van der Waals surface area contributed by atoms with E-state index < -0.39 is 30.9 Å². The molecule has 2 N–H and O–H groups in total. The fraction of sp³-hybridized carbons (Fsp3) is 0.364. The van der Waals surface area contributed by atoms with Crippen molar-refractivity contribution in [3.05, 3.63) is 28.0 Å². The summed E-state index contributed by atoms with van der Waals surface area (Å²) in [5.41, 5.74) is 0.598. The molecule has 19 heavy (non-hydrogen) atoms. The molecule has 8 heteroatoms. The van der Waals surface area contributed by atoms with Gasteiger partial charge in [-0.15, -0.1) is 0 Å². The molecule has 2 amide bonds. The maximum atomic E-state index is 13.3. The molecule has 0 saturated carbocycles. The number of rotatable bonds is 3. The molecule has 0 saturated heterocycles. The molecule has 1 aliphatic rings. The largest absolute Gasteiger partial charge is 0.491 e. The summed E-state index contributed by atoms with van der Waals surface area (Å²) >= 11 is 3.03. The smallest absolute Gasteiger partial charge is 0.315 e. The number of alkyl halides is 2. The topological polar surface area (TPSA) is 50.4 Å². The van der Waals surface area contributed by atoms with Crippen molar-refractivity contribution in [1.29, 1.82) is 0 Å². The molecular formula is C11H10BrF3N2O2. The fourth-order valence-electron chi connectivity index (χ4n) is 1.70. The van der Waals surface area contributed by atoms with Crippen molar-refractivity contribution in [2.24, 2.45) is 0 Å². The van der Waals surface area contributed by atoms with Crippen LogP contribution in [0, 0.1) is 5.82 Å². The van der Waals surface area contributed by atoms with Crippen molar-refractivity contribution in [3.63, 3.8) is 0 Å². The first-order valence-corrected chi connectivity index (χ1v) is 6.21. The van der Waals surface area contributed by atoms with E-state index in [0.29, 0.717) is 11.3 Å². The minimum atomic E-state index is -2.61. The fourth-order valence-corrected chi connectivity index (χ4v) is 2.06. The molecule has 0 bridgehead atoms. The Morgan fingerprint density at radius 1 is 1.53 bits per heavy atom. The summed E-state index contributed by atoms with van der Waals surface area (Å²) < 4.78 is 42.6. The third-order valence-corrected chi connectivity index (χ3v) is 3.16. The van der Waals surface area contributed by atoms with Crippen molar-refractivity contribution in [2.45, 2.75) is 12.5 Å². The Hall–Kier alpha value is -1.44. The molecular weight excluding hydrogens is 329 g/mol. The summed E-state index contributed by atoms with van der Waals surface area (Å²) in [5, 5.41) is 4.51. The van der Waals surface area contributed by atoms with Crippen LogP contribution in [0.25, 0.3) is 0 Å². The number of carbonyl (C=O) groups excluding carboxylic acids is 1. The monoisotopic (exact) mass is 338 g/mol. The van der Waals surface area contributed by atoms with Crippen LogP contribution < -0.4 is 15.4 Å². The molecule has 0 spiro atoms. The maximum Gasteiger partial charge on any atom is 0.315 e. The Morgan fingerprint density at radius 3 is 2.95 bits per heavy atom. The molecule has 1 atom stereocenters. The number of carbonyl (C=O) groups is 1. The quantitative estimate of drug-likeness (QED) is 0.889. The van der Waals surface area contributed by atoms with E-state index >= 15 is 0 Å². The van der Waals surface area contributed by atoms with Gasteiger partial charge in [0.25, 0.3) is 6.43 Å². The predicted octanol–water partition coefficient (Wildman–Crippen LogP) is 2.59. The van der Waals surface area contributed by atoms with E-state index in [9.17, 15) is 18.0 Å². The zero-order chi connectivity index (χ0) is 14.0. The normalized spacial score (nSPS) is 17.0. The first kappa shape index (κ1) is 14.0. The minimum absolute atomic E-state index is 0.132. The number of amides is 2. The molecule has 0 radical (unpaired) electrons. The predicted molar refractivity (Wildman–Crippen MR) is 64.9 cm³/mol. The van der Waals surface area contributed by atoms with Crippen LogP contribution in [0.2, 0.25) is 0 Å². The van der Waals surface area contributed by atoms with Crippen LogP contribution in [0.4, 0.5) is 18.0 Å². The summed E-state index contributed by atoms with van der Waals surface area (Å²) in [7, 11) is 0. The molecule has 1 unspecified atom stereocenters. The molecule has 4 nitrogen and oxygen atoms in total. The van der Waals surface area contributed by atoms with Crippen molar-refractivity contribution in [3.8, 4) is 5.75 Å². The van der Waals surface area contributed by atoms with Crippen LogP contribution in [0.3, 0.4) is 0 Å². The highest BCUT2D eigenvalue weighted by Crippen LogP contribution is 2.35. The summed E-state index contributed by atoms with van der Waals surface area (Å²) in [6, 6.07) is 1.49. The van der Waals surface area contributed by atoms with Crippen LogP contribution >= 0.6 is 15.9 Å². The van der Waals surface area contributed by atoms with E-state index in [4.69, 9.17) is 4.74 Å². The van der Waals surface area contributed by atoms with Gasteiger partial charge < -0.3 is 15.4 Å². The van der Waals surface area contributed by atoms with Gasteiger partial charge in [0.05, 0.1) is 17.1 Å². The van der Waals surface area contributed by atoms with Crippen LogP contribution in [-0.4, -0.2) is 25.6 Å². The molecule has 104 valence electrons. The van der Waals surface area contributed by atoms with E-state index in [0.717, 1.165) is 0 Å². The number of benzene rings is 1. The van der Waals surface area contributed by atoms with Gasteiger partial charge in [-0.05, 0) is 22.0 Å². The third-order valence-electron chi connectivity index (χ3n) is 2.56. The van der Waals surface area contributed by atoms with Gasteiger partial charge >= 0.3 is 6.03 Å². The van der Waals surface area contributed by atoms with Gasteiger partial charge in [0.1, 0.15) is 18.2 Å². The van der Waals surface area contributed by atoms with Gasteiger partial charge in [0, 0.05) is 11.6 Å². The SMILES string of the molecule is O=C(NCC(F)F)NC1COc2cc(F)c(Br)cc21. The zero-order valence-corrected chi connectivity index (χ0v) is 11.1. The highest BCUT2D eigenvalue weighted by molar-refractivity contribution is 9.10. The van der Waals surface area contributed by atoms with Gasteiger partial charge in [-0.2, -0.15) is 0 Å². The molecule has 0 aromatic heterocycles. The molecule has 0 fully saturated rings. The van der Waals surface area contributed by atoms with Gasteiger partial charge in [0.15, 0.2) is 0 Å². The number of halogens is 4. The van der Waals surface area contributed by atoms with Crippen LogP contribution in [-0.2, 0) is 0 Å². The molecule has 1 aromatic carbocycles. The van der Waals surface area contributed by atoms with E-state index in [2.05, 4.69) is 21.2 Å². The summed E-state index contributed by atoms with van der Waals surface area (Å²) in [4.78, 5) is 11.4. The van der Waals surface area contributed by atoms with Gasteiger partial charge in [-0.1, -0.05) is 0 Å². The lowest BCUT2D eigenvalue weighted by Crippen LogP contribution is -2.40. The van der Waals surface area contributed by atoms with Crippen molar-refractivity contribution < 1.29 is 22.7 Å². The average Bonchev–Trinajstić information content (AvgIpc) is 2.70. The summed E-state index contributed by atoms with van der Waals surface area (Å²) in [6.07, 6.45) is -2.61. The Labute approximate surface area is 115 Å². The second-order valence-electron chi connectivity index (χ2n) is 3.91. The lowest BCUT2D eigenvalue weighted by molar-refractivity contribution is 0.145. The molecule has 1 aliphatic heterocycles. The number of nitrogens with one attached hydrogen (secondary N) is 2. The van der Waals surface area contributed by atoms with Crippen LogP contribution in [0.15, 0.2) is 16.6 Å². The standard InChI is InChI=1S/C11H10BrF3N2O2/c12-6-1-5-8(4-19-9(5)2-7(6)13)17-11(18)16-3-10(14)15/h1-2,8,10H,3-4H2,(H2,16,17,18). The number of hydrogen-bond donors (Lipinski definition) is 2. The van der Waals surface area contributed by atoms with Crippen LogP contribution in [0.5, 0.6) is 5.75 Å². The second kappa shape index (κ2) is 5.68. The Morgan fingerprint density at radius 2 is 2.26 bits per heavy atom. The summed E-state index contributed by atoms with van der Waals surface area (Å²) in [5.74, 6) is -0.138. The Kier molecular flexibility index (Phi) is 4.18. The van der Waals surface area contributed by atoms with Crippen LogP contribution in [0.1, 0.15) is 11.6 Å². The summed E-state index contributed by atoms with van der Waals surface area (Å²) in [6.45, 7) is -0.591. The number of hydrogen-bond acceptors (Lipinski definition) is 2. The van der Waals surface area contributed by atoms with E-state index in [-0.39, 0.29) is 11.1 Å². The molecule has 1 aromatic rings. The van der Waals surface area contributed by atoms with E-state index in [1.165, 1.54) is 12.1 Å². The third kappa shape index (κ3) is 3.31. The first-order chi connectivity index (χ1) is 8.97. The highest BCUT2D eigenvalue weighted by atomic mass is 79.9. The van der Waals surface area contributed by atoms with Gasteiger partial charge in [-0.25, -0.2) is 18.0 Å². The average molecular weight is 339 g/mol. The molecule has 0 aliphatic carbocycles. The highest BCUT2D eigenvalue weighted by Gasteiger charge is 2.27. The van der Waals surface area contributed by atoms with Gasteiger partial charge in [0.2, 0.25) is 0 Å². The zero-order valence-electron chi connectivity index (χ0n) is 9.55. The number of ether oxygens (including phenoxy) is 1. The van der Waals surface area contributed by atoms with Crippen molar-refractivity contribution in [2.75, 3.05) is 13.2 Å². The molecule has 1 heterocycles. The van der Waals surface area contributed by atoms with E-state index in [1.807, 2.05) is 5.32 Å². The maximum absolute atomic E-state index is 13.3. The van der Waals surface area contributed by atoms with Crippen molar-refractivity contribution >= 4 is 22.0 Å². The lowest BCUT2D eigenvalue weighted by Gasteiger charge is -2.12. The Balaban J connectivity index is 2.02. The second-order valence-corrected chi connectivity index (χ2v) is 4.77. The number of fused-ring (bicyclic) bond motifs is 1. The van der Waals surface area contributed by atoms with Gasteiger partial charge in [-0.3, -0.25) is 0 Å². The van der Waals surface area contributed by atoms with Crippen molar-refractivity contribution in [1.82, 2.24) is 10.6 Å². The minimum Gasteiger partial charge on any atom is -0.491 e. The molecule has 2 rings (SSSR count).